The fourth-order valence-electron chi connectivity index (χ4n) is 3.85. The van der Waals surface area contributed by atoms with E-state index in [1.807, 2.05) is 47.4 Å². The molecule has 1 aromatic heterocycles. The summed E-state index contributed by atoms with van der Waals surface area (Å²) in [5.41, 5.74) is 4.06. The highest BCUT2D eigenvalue weighted by molar-refractivity contribution is 5.79. The number of rotatable bonds is 7. The van der Waals surface area contributed by atoms with Gasteiger partial charge in [-0.25, -0.2) is 9.97 Å². The van der Waals surface area contributed by atoms with Crippen LogP contribution in [0, 0.1) is 10.1 Å². The molecule has 1 aliphatic heterocycles. The van der Waals surface area contributed by atoms with Gasteiger partial charge in [0.1, 0.15) is 6.33 Å². The topological polar surface area (TPSA) is 84.2 Å². The Kier molecular flexibility index (Phi) is 5.88. The molecule has 0 saturated heterocycles. The number of para-hydroxylation sites is 1. The molecule has 154 valence electrons. The van der Waals surface area contributed by atoms with Gasteiger partial charge >= 0.3 is 5.69 Å². The molecule has 2 heterocycles. The molecule has 0 unspecified atom stereocenters. The molecule has 1 N–H and O–H groups in total. The lowest BCUT2D eigenvalue weighted by Crippen LogP contribution is -2.26. The fourth-order valence-corrected chi connectivity index (χ4v) is 3.85. The van der Waals surface area contributed by atoms with Gasteiger partial charge < -0.3 is 10.2 Å². The molecule has 0 saturated carbocycles. The van der Waals surface area contributed by atoms with Gasteiger partial charge in [0.05, 0.1) is 4.92 Å². The summed E-state index contributed by atoms with van der Waals surface area (Å²) in [5, 5.41) is 15.1. The number of hydrogen-bond donors (Lipinski definition) is 1. The molecule has 1 aliphatic rings. The van der Waals surface area contributed by atoms with Crippen molar-refractivity contribution < 1.29 is 4.92 Å². The zero-order chi connectivity index (χ0) is 20.9. The minimum atomic E-state index is -0.398. The van der Waals surface area contributed by atoms with E-state index >= 15 is 0 Å². The molecule has 0 bridgehead atoms. The largest absolute Gasteiger partial charge is 0.354 e. The van der Waals surface area contributed by atoms with E-state index in [1.165, 1.54) is 17.5 Å². The number of aromatic nitrogens is 2. The summed E-state index contributed by atoms with van der Waals surface area (Å²) < 4.78 is 0. The van der Waals surface area contributed by atoms with Crippen LogP contribution >= 0.6 is 0 Å². The maximum atomic E-state index is 12.0. The van der Waals surface area contributed by atoms with Crippen molar-refractivity contribution in [1.29, 1.82) is 0 Å². The second-order valence-electron chi connectivity index (χ2n) is 7.46. The number of nitrogens with zero attached hydrogens (tertiary/aromatic N) is 4. The van der Waals surface area contributed by atoms with Gasteiger partial charge in [-0.1, -0.05) is 43.7 Å². The van der Waals surface area contributed by atoms with Crippen molar-refractivity contribution in [3.05, 3.63) is 76.1 Å². The molecule has 0 atom stereocenters. The summed E-state index contributed by atoms with van der Waals surface area (Å²) in [4.78, 5) is 22.0. The molecule has 7 nitrogen and oxygen atoms in total. The quantitative estimate of drug-likeness (QED) is 0.411. The van der Waals surface area contributed by atoms with Gasteiger partial charge in [0.15, 0.2) is 0 Å². The number of hydrogen-bond acceptors (Lipinski definition) is 6. The lowest BCUT2D eigenvalue weighted by molar-refractivity contribution is -0.383. The lowest BCUT2D eigenvalue weighted by atomic mass is 10.0. The van der Waals surface area contributed by atoms with Crippen molar-refractivity contribution in [1.82, 2.24) is 9.97 Å². The standard InChI is InChI=1S/C23H25N5O2/c1-2-3-7-17-11-13-19(14-12-17)26-22-21(28(29)30)23(25-16-24-22)27-15-6-9-18-8-4-5-10-20(18)27/h4-5,8,10-14,16H,2-3,6-7,9,15H2,1H3,(H,24,25,26). The first-order valence-corrected chi connectivity index (χ1v) is 10.4. The smallest absolute Gasteiger partial charge is 0.334 e. The van der Waals surface area contributed by atoms with Crippen LogP contribution in [0.5, 0.6) is 0 Å². The summed E-state index contributed by atoms with van der Waals surface area (Å²) >= 11 is 0. The van der Waals surface area contributed by atoms with E-state index in [1.54, 1.807) is 0 Å². The van der Waals surface area contributed by atoms with Gasteiger partial charge in [-0.05, 0) is 55.0 Å². The minimum Gasteiger partial charge on any atom is -0.334 e. The van der Waals surface area contributed by atoms with Crippen LogP contribution in [0.15, 0.2) is 54.9 Å². The van der Waals surface area contributed by atoms with E-state index in [-0.39, 0.29) is 11.5 Å². The van der Waals surface area contributed by atoms with Crippen LogP contribution in [0.4, 0.5) is 28.7 Å². The normalized spacial score (nSPS) is 13.0. The summed E-state index contributed by atoms with van der Waals surface area (Å²) in [6.07, 6.45) is 6.59. The molecule has 4 rings (SSSR count). The van der Waals surface area contributed by atoms with Crippen molar-refractivity contribution in [3.63, 3.8) is 0 Å². The van der Waals surface area contributed by atoms with Crippen LogP contribution in [0.2, 0.25) is 0 Å². The average Bonchev–Trinajstić information content (AvgIpc) is 2.78. The molecule has 0 aliphatic carbocycles. The maximum Gasteiger partial charge on any atom is 0.354 e. The van der Waals surface area contributed by atoms with Gasteiger partial charge in [0.2, 0.25) is 11.6 Å². The highest BCUT2D eigenvalue weighted by Crippen LogP contribution is 2.40. The van der Waals surface area contributed by atoms with Crippen molar-refractivity contribution in [2.45, 2.75) is 39.0 Å². The Morgan fingerprint density at radius 1 is 1.13 bits per heavy atom. The average molecular weight is 403 g/mol. The Hall–Kier alpha value is -3.48. The lowest BCUT2D eigenvalue weighted by Gasteiger charge is -2.30. The highest BCUT2D eigenvalue weighted by atomic mass is 16.6. The van der Waals surface area contributed by atoms with E-state index in [0.717, 1.165) is 43.5 Å². The van der Waals surface area contributed by atoms with Gasteiger partial charge in [-0.3, -0.25) is 10.1 Å². The number of aryl methyl sites for hydroxylation is 2. The first-order valence-electron chi connectivity index (χ1n) is 10.4. The van der Waals surface area contributed by atoms with Crippen molar-refractivity contribution in [2.75, 3.05) is 16.8 Å². The Morgan fingerprint density at radius 2 is 1.93 bits per heavy atom. The zero-order valence-electron chi connectivity index (χ0n) is 17.0. The SMILES string of the molecule is CCCCc1ccc(Nc2ncnc(N3CCCc4ccccc43)c2[N+](=O)[O-])cc1. The molecular weight excluding hydrogens is 378 g/mol. The van der Waals surface area contributed by atoms with Crippen LogP contribution in [-0.2, 0) is 12.8 Å². The molecule has 30 heavy (non-hydrogen) atoms. The molecular formula is C23H25N5O2. The summed E-state index contributed by atoms with van der Waals surface area (Å²) in [7, 11) is 0. The van der Waals surface area contributed by atoms with Crippen LogP contribution in [0.1, 0.15) is 37.3 Å². The van der Waals surface area contributed by atoms with E-state index in [2.05, 4.69) is 28.3 Å². The molecule has 0 amide bonds. The van der Waals surface area contributed by atoms with Crippen molar-refractivity contribution in [2.24, 2.45) is 0 Å². The van der Waals surface area contributed by atoms with E-state index in [4.69, 9.17) is 0 Å². The maximum absolute atomic E-state index is 12.0. The first kappa shape index (κ1) is 19.8. The third kappa shape index (κ3) is 4.10. The molecule has 7 heteroatoms. The van der Waals surface area contributed by atoms with Crippen molar-refractivity contribution in [3.8, 4) is 0 Å². The Balaban J connectivity index is 1.67. The van der Waals surface area contributed by atoms with Gasteiger partial charge in [-0.15, -0.1) is 0 Å². The number of benzene rings is 2. The first-order chi connectivity index (χ1) is 14.7. The Labute approximate surface area is 175 Å². The third-order valence-electron chi connectivity index (χ3n) is 5.39. The molecule has 2 aromatic carbocycles. The number of nitro groups is 1. The molecule has 3 aromatic rings. The van der Waals surface area contributed by atoms with E-state index < -0.39 is 4.92 Å². The van der Waals surface area contributed by atoms with Crippen LogP contribution in [0.25, 0.3) is 0 Å². The third-order valence-corrected chi connectivity index (χ3v) is 5.39. The second kappa shape index (κ2) is 8.90. The highest BCUT2D eigenvalue weighted by Gasteiger charge is 2.30. The van der Waals surface area contributed by atoms with Gasteiger partial charge in [0.25, 0.3) is 0 Å². The van der Waals surface area contributed by atoms with Gasteiger partial charge in [0, 0.05) is 17.9 Å². The minimum absolute atomic E-state index is 0.107. The Morgan fingerprint density at radius 3 is 2.70 bits per heavy atom. The number of anilines is 4. The number of unbranched alkanes of at least 4 members (excludes halogenated alkanes) is 1. The molecule has 0 spiro atoms. The predicted molar refractivity (Wildman–Crippen MR) is 119 cm³/mol. The fraction of sp³-hybridized carbons (Fsp3) is 0.304. The second-order valence-corrected chi connectivity index (χ2v) is 7.46. The summed E-state index contributed by atoms with van der Waals surface area (Å²) in [5.74, 6) is 0.526. The summed E-state index contributed by atoms with van der Waals surface area (Å²) in [6, 6.07) is 16.0. The van der Waals surface area contributed by atoms with Crippen LogP contribution < -0.4 is 10.2 Å². The number of fused-ring (bicyclic) bond motifs is 1. The number of nitrogens with one attached hydrogen (secondary N) is 1. The molecule has 0 fully saturated rings. The van der Waals surface area contributed by atoms with E-state index in [0.29, 0.717) is 12.4 Å². The monoisotopic (exact) mass is 403 g/mol. The summed E-state index contributed by atoms with van der Waals surface area (Å²) in [6.45, 7) is 2.85. The van der Waals surface area contributed by atoms with Crippen LogP contribution in [-0.4, -0.2) is 21.4 Å². The zero-order valence-corrected chi connectivity index (χ0v) is 17.0. The van der Waals surface area contributed by atoms with Gasteiger partial charge in [-0.2, -0.15) is 0 Å². The molecule has 0 radical (unpaired) electrons. The predicted octanol–water partition coefficient (Wildman–Crippen LogP) is 5.56. The van der Waals surface area contributed by atoms with E-state index in [9.17, 15) is 10.1 Å². The Bertz CT molecular complexity index is 1040. The van der Waals surface area contributed by atoms with Crippen molar-refractivity contribution >= 4 is 28.7 Å². The van der Waals surface area contributed by atoms with Crippen LogP contribution in [0.3, 0.4) is 0 Å².